The highest BCUT2D eigenvalue weighted by Gasteiger charge is 2.23. The van der Waals surface area contributed by atoms with Crippen LogP contribution in [0.4, 0.5) is 5.82 Å². The van der Waals surface area contributed by atoms with Crippen molar-refractivity contribution in [2.24, 2.45) is 0 Å². The summed E-state index contributed by atoms with van der Waals surface area (Å²) in [5.41, 5.74) is 0.621. The van der Waals surface area contributed by atoms with Crippen molar-refractivity contribution in [3.63, 3.8) is 0 Å². The van der Waals surface area contributed by atoms with E-state index in [-0.39, 0.29) is 6.61 Å². The molecule has 0 atom stereocenters. The van der Waals surface area contributed by atoms with Crippen molar-refractivity contribution >= 4 is 5.82 Å². The van der Waals surface area contributed by atoms with Crippen LogP contribution in [0, 0.1) is 11.3 Å². The molecule has 0 spiro atoms. The summed E-state index contributed by atoms with van der Waals surface area (Å²) in [5.74, 6) is 0.810. The highest BCUT2D eigenvalue weighted by atomic mass is 16.3. The minimum atomic E-state index is 0.120. The summed E-state index contributed by atoms with van der Waals surface area (Å²) in [6, 6.07) is 6.09. The Bertz CT molecular complexity index is 407. The Hall–Kier alpha value is -1.60. The molecule has 1 aromatic rings. The fraction of sp³-hybridized carbons (Fsp3) is 0.538. The molecule has 90 valence electrons. The highest BCUT2D eigenvalue weighted by molar-refractivity contribution is 5.46. The minimum absolute atomic E-state index is 0.120. The zero-order valence-electron chi connectivity index (χ0n) is 9.84. The van der Waals surface area contributed by atoms with Gasteiger partial charge < -0.3 is 10.0 Å². The Balaban J connectivity index is 2.21. The fourth-order valence-electron chi connectivity index (χ4n) is 2.45. The van der Waals surface area contributed by atoms with Crippen molar-refractivity contribution in [3.05, 3.63) is 23.9 Å². The lowest BCUT2D eigenvalue weighted by atomic mass is 10.2. The van der Waals surface area contributed by atoms with Gasteiger partial charge in [0.1, 0.15) is 5.82 Å². The van der Waals surface area contributed by atoms with Gasteiger partial charge in [0, 0.05) is 18.8 Å². The summed E-state index contributed by atoms with van der Waals surface area (Å²) in [4.78, 5) is 6.45. The molecular formula is C13H17N3O. The molecule has 1 fully saturated rings. The van der Waals surface area contributed by atoms with Gasteiger partial charge in [-0.2, -0.15) is 5.26 Å². The first-order chi connectivity index (χ1) is 8.35. The van der Waals surface area contributed by atoms with E-state index in [9.17, 15) is 0 Å². The van der Waals surface area contributed by atoms with E-state index in [0.29, 0.717) is 18.2 Å². The van der Waals surface area contributed by atoms with Gasteiger partial charge in [0.15, 0.2) is 0 Å². The molecule has 1 saturated carbocycles. The van der Waals surface area contributed by atoms with Crippen LogP contribution in [0.2, 0.25) is 0 Å². The number of aliphatic hydroxyl groups excluding tert-OH is 1. The summed E-state index contributed by atoms with van der Waals surface area (Å²) in [7, 11) is 0. The Morgan fingerprint density at radius 2 is 2.24 bits per heavy atom. The standard InChI is InChI=1S/C13H17N3O/c14-10-11-5-6-15-13(9-11)16(7-8-17)12-3-1-2-4-12/h5-6,9,12,17H,1-4,7-8H2. The number of hydrogen-bond donors (Lipinski definition) is 1. The molecule has 4 nitrogen and oxygen atoms in total. The van der Waals surface area contributed by atoms with E-state index in [4.69, 9.17) is 10.4 Å². The number of pyridine rings is 1. The molecule has 0 amide bonds. The summed E-state index contributed by atoms with van der Waals surface area (Å²) in [5, 5.41) is 18.0. The maximum Gasteiger partial charge on any atom is 0.130 e. The molecule has 17 heavy (non-hydrogen) atoms. The molecule has 0 bridgehead atoms. The lowest BCUT2D eigenvalue weighted by Gasteiger charge is -2.29. The molecule has 0 saturated heterocycles. The van der Waals surface area contributed by atoms with Gasteiger partial charge in [0.2, 0.25) is 0 Å². The second-order valence-corrected chi connectivity index (χ2v) is 4.37. The Morgan fingerprint density at radius 3 is 2.88 bits per heavy atom. The summed E-state index contributed by atoms with van der Waals surface area (Å²) in [6.07, 6.45) is 6.44. The van der Waals surface area contributed by atoms with E-state index >= 15 is 0 Å². The van der Waals surface area contributed by atoms with Crippen molar-refractivity contribution < 1.29 is 5.11 Å². The Kier molecular flexibility index (Phi) is 3.94. The topological polar surface area (TPSA) is 60.2 Å². The molecule has 4 heteroatoms. The molecule has 0 radical (unpaired) electrons. The largest absolute Gasteiger partial charge is 0.395 e. The van der Waals surface area contributed by atoms with Gasteiger partial charge in [-0.3, -0.25) is 0 Å². The number of rotatable bonds is 4. The third-order valence-corrected chi connectivity index (χ3v) is 3.28. The lowest BCUT2D eigenvalue weighted by molar-refractivity contribution is 0.297. The predicted octanol–water partition coefficient (Wildman–Crippen LogP) is 1.69. The number of hydrogen-bond acceptors (Lipinski definition) is 4. The summed E-state index contributed by atoms with van der Waals surface area (Å²) < 4.78 is 0. The van der Waals surface area contributed by atoms with Gasteiger partial charge in [-0.15, -0.1) is 0 Å². The number of anilines is 1. The second kappa shape index (κ2) is 5.65. The van der Waals surface area contributed by atoms with Crippen LogP contribution in [0.5, 0.6) is 0 Å². The van der Waals surface area contributed by atoms with E-state index in [1.165, 1.54) is 12.8 Å². The van der Waals surface area contributed by atoms with Gasteiger partial charge >= 0.3 is 0 Å². The summed E-state index contributed by atoms with van der Waals surface area (Å²) in [6.45, 7) is 0.710. The first-order valence-electron chi connectivity index (χ1n) is 6.09. The number of nitriles is 1. The molecule has 1 heterocycles. The van der Waals surface area contributed by atoms with Gasteiger partial charge in [-0.05, 0) is 25.0 Å². The van der Waals surface area contributed by atoms with Crippen LogP contribution in [0.3, 0.4) is 0 Å². The highest BCUT2D eigenvalue weighted by Crippen LogP contribution is 2.27. The average Bonchev–Trinajstić information content (AvgIpc) is 2.89. The van der Waals surface area contributed by atoms with Crippen LogP contribution in [-0.2, 0) is 0 Å². The van der Waals surface area contributed by atoms with Crippen LogP contribution in [0.25, 0.3) is 0 Å². The maximum absolute atomic E-state index is 9.15. The van der Waals surface area contributed by atoms with Crippen LogP contribution in [0.1, 0.15) is 31.2 Å². The Morgan fingerprint density at radius 1 is 1.47 bits per heavy atom. The fourth-order valence-corrected chi connectivity index (χ4v) is 2.45. The Labute approximate surface area is 102 Å². The lowest BCUT2D eigenvalue weighted by Crippen LogP contribution is -2.36. The normalized spacial score (nSPS) is 15.8. The van der Waals surface area contributed by atoms with Crippen molar-refractivity contribution in [2.75, 3.05) is 18.1 Å². The molecule has 1 aliphatic carbocycles. The first kappa shape index (κ1) is 11.9. The number of aliphatic hydroxyl groups is 1. The van der Waals surface area contributed by atoms with E-state index in [1.807, 2.05) is 0 Å². The zero-order valence-corrected chi connectivity index (χ0v) is 9.84. The molecular weight excluding hydrogens is 214 g/mol. The molecule has 2 rings (SSSR count). The van der Waals surface area contributed by atoms with E-state index in [1.54, 1.807) is 18.3 Å². The van der Waals surface area contributed by atoms with Crippen LogP contribution in [-0.4, -0.2) is 29.3 Å². The van der Waals surface area contributed by atoms with Gasteiger partial charge in [0.05, 0.1) is 18.2 Å². The van der Waals surface area contributed by atoms with Gasteiger partial charge in [-0.1, -0.05) is 12.8 Å². The second-order valence-electron chi connectivity index (χ2n) is 4.37. The molecule has 0 aliphatic heterocycles. The molecule has 0 unspecified atom stereocenters. The van der Waals surface area contributed by atoms with Crippen molar-refractivity contribution in [3.8, 4) is 6.07 Å². The molecule has 1 aliphatic rings. The third-order valence-electron chi connectivity index (χ3n) is 3.28. The third kappa shape index (κ3) is 2.75. The van der Waals surface area contributed by atoms with Gasteiger partial charge in [-0.25, -0.2) is 4.98 Å². The van der Waals surface area contributed by atoms with Crippen molar-refractivity contribution in [1.82, 2.24) is 4.98 Å². The van der Waals surface area contributed by atoms with Crippen LogP contribution in [0.15, 0.2) is 18.3 Å². The quantitative estimate of drug-likeness (QED) is 0.856. The maximum atomic E-state index is 9.15. The smallest absolute Gasteiger partial charge is 0.130 e. The SMILES string of the molecule is N#Cc1ccnc(N(CCO)C2CCCC2)c1. The molecule has 0 aromatic carbocycles. The number of nitrogens with zero attached hydrogens (tertiary/aromatic N) is 3. The monoisotopic (exact) mass is 231 g/mol. The summed E-state index contributed by atoms with van der Waals surface area (Å²) >= 11 is 0. The molecule has 1 aromatic heterocycles. The van der Waals surface area contributed by atoms with E-state index in [2.05, 4.69) is 16.0 Å². The minimum Gasteiger partial charge on any atom is -0.395 e. The number of aromatic nitrogens is 1. The predicted molar refractivity (Wildman–Crippen MR) is 65.6 cm³/mol. The van der Waals surface area contributed by atoms with Crippen molar-refractivity contribution in [2.45, 2.75) is 31.7 Å². The first-order valence-corrected chi connectivity index (χ1v) is 6.09. The van der Waals surface area contributed by atoms with Crippen LogP contribution < -0.4 is 4.90 Å². The zero-order chi connectivity index (χ0) is 12.1. The van der Waals surface area contributed by atoms with Crippen molar-refractivity contribution in [1.29, 1.82) is 5.26 Å². The van der Waals surface area contributed by atoms with Crippen LogP contribution >= 0.6 is 0 Å². The van der Waals surface area contributed by atoms with E-state index in [0.717, 1.165) is 18.7 Å². The molecule has 1 N–H and O–H groups in total. The van der Waals surface area contributed by atoms with Gasteiger partial charge in [0.25, 0.3) is 0 Å². The average molecular weight is 231 g/mol. The van der Waals surface area contributed by atoms with E-state index < -0.39 is 0 Å².